The number of hydrogen-bond donors (Lipinski definition) is 2. The summed E-state index contributed by atoms with van der Waals surface area (Å²) in [6, 6.07) is 4.94. The van der Waals surface area contributed by atoms with Gasteiger partial charge in [0.15, 0.2) is 0 Å². The lowest BCUT2D eigenvalue weighted by Crippen LogP contribution is -2.19. The quantitative estimate of drug-likeness (QED) is 0.615. The highest BCUT2D eigenvalue weighted by Gasteiger charge is 2.11. The Morgan fingerprint density at radius 1 is 1.62 bits per heavy atom. The minimum Gasteiger partial charge on any atom is -0.496 e. The lowest BCUT2D eigenvalue weighted by atomic mass is 10.2. The zero-order valence-corrected chi connectivity index (χ0v) is 8.46. The molecule has 5 heteroatoms. The van der Waals surface area contributed by atoms with Crippen molar-refractivity contribution >= 4 is 21.8 Å². The summed E-state index contributed by atoms with van der Waals surface area (Å²) in [5, 5.41) is 8.43. The van der Waals surface area contributed by atoms with Crippen molar-refractivity contribution < 1.29 is 14.7 Å². The first-order valence-electron chi connectivity index (χ1n) is 3.47. The monoisotopic (exact) mass is 245 g/mol. The molecular weight excluding hydrogens is 238 g/mol. The fourth-order valence-electron chi connectivity index (χ4n) is 0.918. The summed E-state index contributed by atoms with van der Waals surface area (Å²) >= 11 is 3.21. The number of benzene rings is 1. The maximum absolute atomic E-state index is 11.1. The molecule has 0 aliphatic rings. The molecule has 1 rings (SSSR count). The van der Waals surface area contributed by atoms with Crippen LogP contribution in [-0.4, -0.2) is 18.2 Å². The van der Waals surface area contributed by atoms with Gasteiger partial charge in [0.1, 0.15) is 5.75 Å². The molecule has 0 aliphatic heterocycles. The fourth-order valence-corrected chi connectivity index (χ4v) is 1.28. The van der Waals surface area contributed by atoms with Crippen molar-refractivity contribution in [2.45, 2.75) is 0 Å². The van der Waals surface area contributed by atoms with E-state index < -0.39 is 5.91 Å². The summed E-state index contributed by atoms with van der Waals surface area (Å²) in [5.74, 6) is -0.187. The minimum absolute atomic E-state index is 0.277. The normalized spacial score (nSPS) is 9.46. The molecule has 0 fully saturated rings. The molecule has 4 nitrogen and oxygen atoms in total. The summed E-state index contributed by atoms with van der Waals surface area (Å²) in [6.07, 6.45) is 0. The van der Waals surface area contributed by atoms with Gasteiger partial charge < -0.3 is 4.74 Å². The molecule has 0 atom stereocenters. The smallest absolute Gasteiger partial charge is 0.278 e. The molecular formula is C8H8BrNO3. The van der Waals surface area contributed by atoms with Crippen molar-refractivity contribution in [2.75, 3.05) is 7.11 Å². The third kappa shape index (κ3) is 2.19. The fraction of sp³-hybridized carbons (Fsp3) is 0.125. The van der Waals surface area contributed by atoms with Crippen LogP contribution in [0.3, 0.4) is 0 Å². The number of ether oxygens (including phenoxy) is 1. The summed E-state index contributed by atoms with van der Waals surface area (Å²) in [5.41, 5.74) is 1.82. The molecule has 70 valence electrons. The van der Waals surface area contributed by atoms with Crippen LogP contribution in [0.2, 0.25) is 0 Å². The molecule has 0 aliphatic carbocycles. The van der Waals surface area contributed by atoms with Crippen LogP contribution in [0.15, 0.2) is 22.7 Å². The molecule has 1 aromatic rings. The number of amides is 1. The van der Waals surface area contributed by atoms with E-state index in [4.69, 9.17) is 9.94 Å². The van der Waals surface area contributed by atoms with Crippen LogP contribution in [0, 0.1) is 0 Å². The molecule has 0 saturated heterocycles. The lowest BCUT2D eigenvalue weighted by molar-refractivity contribution is 0.0703. The van der Waals surface area contributed by atoms with Crippen molar-refractivity contribution in [3.63, 3.8) is 0 Å². The van der Waals surface area contributed by atoms with Gasteiger partial charge in [0.25, 0.3) is 5.91 Å². The third-order valence-corrected chi connectivity index (χ3v) is 2.00. The van der Waals surface area contributed by atoms with E-state index >= 15 is 0 Å². The van der Waals surface area contributed by atoms with E-state index in [0.717, 1.165) is 4.47 Å². The van der Waals surface area contributed by atoms with Crippen LogP contribution < -0.4 is 10.2 Å². The summed E-state index contributed by atoms with van der Waals surface area (Å²) in [6.45, 7) is 0. The molecule has 2 N–H and O–H groups in total. The molecule has 0 heterocycles. The highest BCUT2D eigenvalue weighted by Crippen LogP contribution is 2.22. The van der Waals surface area contributed by atoms with E-state index in [2.05, 4.69) is 15.9 Å². The zero-order valence-electron chi connectivity index (χ0n) is 6.87. The van der Waals surface area contributed by atoms with E-state index in [1.807, 2.05) is 0 Å². The lowest BCUT2D eigenvalue weighted by Gasteiger charge is -2.06. The maximum atomic E-state index is 11.1. The number of carbonyl (C=O) groups excluding carboxylic acids is 1. The van der Waals surface area contributed by atoms with Crippen molar-refractivity contribution in [3.8, 4) is 5.75 Å². The van der Waals surface area contributed by atoms with Crippen molar-refractivity contribution in [1.29, 1.82) is 0 Å². The minimum atomic E-state index is -0.599. The van der Waals surface area contributed by atoms with Crippen molar-refractivity contribution in [2.24, 2.45) is 0 Å². The van der Waals surface area contributed by atoms with Gasteiger partial charge in [-0.2, -0.15) is 0 Å². The molecule has 1 amide bonds. The van der Waals surface area contributed by atoms with Crippen LogP contribution in [0.5, 0.6) is 5.75 Å². The Bertz CT molecular complexity index is 327. The van der Waals surface area contributed by atoms with E-state index in [1.54, 1.807) is 23.7 Å². The van der Waals surface area contributed by atoms with E-state index in [-0.39, 0.29) is 5.56 Å². The van der Waals surface area contributed by atoms with Gasteiger partial charge in [0.05, 0.1) is 12.7 Å². The van der Waals surface area contributed by atoms with Gasteiger partial charge in [-0.3, -0.25) is 10.0 Å². The summed E-state index contributed by atoms with van der Waals surface area (Å²) < 4.78 is 5.67. The second kappa shape index (κ2) is 4.25. The number of hydroxylamine groups is 1. The van der Waals surface area contributed by atoms with Gasteiger partial charge >= 0.3 is 0 Å². The van der Waals surface area contributed by atoms with Gasteiger partial charge in [-0.05, 0) is 18.2 Å². The van der Waals surface area contributed by atoms with Gasteiger partial charge in [0, 0.05) is 4.47 Å². The largest absolute Gasteiger partial charge is 0.496 e. The number of rotatable bonds is 2. The second-order valence-electron chi connectivity index (χ2n) is 2.29. The van der Waals surface area contributed by atoms with Gasteiger partial charge in [0.2, 0.25) is 0 Å². The number of carbonyl (C=O) groups is 1. The van der Waals surface area contributed by atoms with Crippen LogP contribution in [0.1, 0.15) is 10.4 Å². The highest BCUT2D eigenvalue weighted by molar-refractivity contribution is 9.10. The van der Waals surface area contributed by atoms with Crippen LogP contribution in [0.4, 0.5) is 0 Å². The van der Waals surface area contributed by atoms with Gasteiger partial charge in [-0.1, -0.05) is 15.9 Å². The molecule has 0 saturated carbocycles. The Morgan fingerprint density at radius 3 is 2.85 bits per heavy atom. The SMILES string of the molecule is COc1ccc(Br)cc1C(=O)NO. The van der Waals surface area contributed by atoms with Crippen LogP contribution in [0.25, 0.3) is 0 Å². The summed E-state index contributed by atoms with van der Waals surface area (Å²) in [4.78, 5) is 11.1. The molecule has 0 unspecified atom stereocenters. The number of methoxy groups -OCH3 is 1. The second-order valence-corrected chi connectivity index (χ2v) is 3.20. The standard InChI is InChI=1S/C8H8BrNO3/c1-13-7-3-2-5(9)4-6(7)8(11)10-12/h2-4,12H,1H3,(H,10,11). The first kappa shape index (κ1) is 10.0. The topological polar surface area (TPSA) is 58.6 Å². The third-order valence-electron chi connectivity index (χ3n) is 1.51. The molecule has 13 heavy (non-hydrogen) atoms. The molecule has 0 bridgehead atoms. The van der Waals surface area contributed by atoms with E-state index in [9.17, 15) is 4.79 Å². The predicted octanol–water partition coefficient (Wildman–Crippen LogP) is 1.58. The Morgan fingerprint density at radius 2 is 2.31 bits per heavy atom. The predicted molar refractivity (Wildman–Crippen MR) is 49.9 cm³/mol. The van der Waals surface area contributed by atoms with Crippen molar-refractivity contribution in [3.05, 3.63) is 28.2 Å². The van der Waals surface area contributed by atoms with Gasteiger partial charge in [-0.25, -0.2) is 5.48 Å². The van der Waals surface area contributed by atoms with E-state index in [0.29, 0.717) is 5.75 Å². The molecule has 0 spiro atoms. The number of hydrogen-bond acceptors (Lipinski definition) is 3. The Hall–Kier alpha value is -1.07. The molecule has 1 aromatic carbocycles. The van der Waals surface area contributed by atoms with Gasteiger partial charge in [-0.15, -0.1) is 0 Å². The first-order chi connectivity index (χ1) is 6.19. The van der Waals surface area contributed by atoms with E-state index in [1.165, 1.54) is 7.11 Å². The molecule has 0 aromatic heterocycles. The average Bonchev–Trinajstić information content (AvgIpc) is 2.16. The highest BCUT2D eigenvalue weighted by atomic mass is 79.9. The van der Waals surface area contributed by atoms with Crippen LogP contribution >= 0.6 is 15.9 Å². The Labute approximate surface area is 83.6 Å². The number of halogens is 1. The Kier molecular flexibility index (Phi) is 3.27. The Balaban J connectivity index is 3.15. The maximum Gasteiger partial charge on any atom is 0.278 e. The van der Waals surface area contributed by atoms with Crippen LogP contribution in [-0.2, 0) is 0 Å². The first-order valence-corrected chi connectivity index (χ1v) is 4.26. The van der Waals surface area contributed by atoms with Crippen molar-refractivity contribution in [1.82, 2.24) is 5.48 Å². The average molecular weight is 246 g/mol. The summed E-state index contributed by atoms with van der Waals surface area (Å²) in [7, 11) is 1.46. The number of nitrogens with one attached hydrogen (secondary N) is 1. The zero-order chi connectivity index (χ0) is 9.84. The molecule has 0 radical (unpaired) electrons.